The van der Waals surface area contributed by atoms with Crippen LogP contribution in [0.3, 0.4) is 0 Å². The van der Waals surface area contributed by atoms with Crippen LogP contribution in [0.4, 0.5) is 5.69 Å². The first kappa shape index (κ1) is 13.9. The molecule has 5 nitrogen and oxygen atoms in total. The zero-order chi connectivity index (χ0) is 14.5. The highest BCUT2D eigenvalue weighted by atomic mass is 79.9. The monoisotopic (exact) mass is 355 g/mol. The van der Waals surface area contributed by atoms with Crippen molar-refractivity contribution in [1.82, 2.24) is 9.97 Å². The number of anilines is 1. The fourth-order valence-corrected chi connectivity index (χ4v) is 4.05. The number of allylic oxidation sites excluding steroid dienone is 2. The number of carbonyl (C=O) groups is 1. The molecule has 0 unspecified atom stereocenters. The van der Waals surface area contributed by atoms with Gasteiger partial charge in [0, 0.05) is 12.1 Å². The third-order valence-electron chi connectivity index (χ3n) is 3.48. The van der Waals surface area contributed by atoms with Crippen molar-refractivity contribution >= 4 is 39.2 Å². The third-order valence-corrected chi connectivity index (χ3v) is 6.33. The van der Waals surface area contributed by atoms with Crippen LogP contribution in [-0.2, 0) is 4.79 Å². The van der Waals surface area contributed by atoms with Crippen LogP contribution in [0.5, 0.6) is 5.88 Å². The Hall–Kier alpha value is -1.08. The molecule has 20 heavy (non-hydrogen) atoms. The fraction of sp³-hybridized carbons (Fsp3) is 0.462. The second kappa shape index (κ2) is 4.73. The van der Waals surface area contributed by atoms with Gasteiger partial charge < -0.3 is 10.1 Å². The van der Waals surface area contributed by atoms with Crippen LogP contribution in [0.15, 0.2) is 22.0 Å². The van der Waals surface area contributed by atoms with Crippen molar-refractivity contribution in [3.05, 3.63) is 16.9 Å². The Labute approximate surface area is 129 Å². The smallest absolute Gasteiger partial charge is 0.241 e. The number of hydrogen-bond donors (Lipinski definition) is 1. The minimum atomic E-state index is -0.135. The molecule has 2 aliphatic rings. The lowest BCUT2D eigenvalue weighted by Crippen LogP contribution is -2.38. The van der Waals surface area contributed by atoms with Crippen molar-refractivity contribution in [2.24, 2.45) is 5.41 Å². The fourth-order valence-electron chi connectivity index (χ4n) is 2.40. The first-order chi connectivity index (χ1) is 9.44. The Bertz CT molecular complexity index is 630. The summed E-state index contributed by atoms with van der Waals surface area (Å²) in [5.41, 5.74) is 1.48. The summed E-state index contributed by atoms with van der Waals surface area (Å²) in [4.78, 5) is 21.5. The van der Waals surface area contributed by atoms with Crippen LogP contribution in [0.25, 0.3) is 0 Å². The van der Waals surface area contributed by atoms with Gasteiger partial charge in [-0.3, -0.25) is 4.79 Å². The minimum Gasteiger partial charge on any atom is -0.479 e. The maximum Gasteiger partial charge on any atom is 0.241 e. The van der Waals surface area contributed by atoms with Crippen molar-refractivity contribution in [1.29, 1.82) is 0 Å². The molecule has 0 saturated heterocycles. The maximum atomic E-state index is 12.3. The number of fused-ring (bicyclic) bond motifs is 1. The molecular weight excluding hydrogens is 342 g/mol. The number of hydrogen-bond acceptors (Lipinski definition) is 6. The maximum absolute atomic E-state index is 12.3. The summed E-state index contributed by atoms with van der Waals surface area (Å²) in [5.74, 6) is 0.644. The molecule has 2 heterocycles. The van der Waals surface area contributed by atoms with E-state index in [1.54, 1.807) is 7.11 Å². The highest BCUT2D eigenvalue weighted by Crippen LogP contribution is 2.51. The quantitative estimate of drug-likeness (QED) is 0.617. The average Bonchev–Trinajstić information content (AvgIpc) is 2.42. The van der Waals surface area contributed by atoms with Gasteiger partial charge in [0.05, 0.1) is 16.8 Å². The van der Waals surface area contributed by atoms with Gasteiger partial charge in [-0.2, -0.15) is 4.98 Å². The second-order valence-electron chi connectivity index (χ2n) is 5.48. The standard InChI is InChI=1S/C13H14BrN3O2S/c1-13(2)4-6(18)9-7(10(13)14)17-8-11(19-3)15-5-16-12(8)20-9/h5,10,17H,4H2,1-3H3/t10-/m0/s1. The van der Waals surface area contributed by atoms with E-state index in [-0.39, 0.29) is 16.0 Å². The summed E-state index contributed by atoms with van der Waals surface area (Å²) >= 11 is 5.10. The molecule has 0 amide bonds. The van der Waals surface area contributed by atoms with Crippen molar-refractivity contribution < 1.29 is 9.53 Å². The zero-order valence-corrected chi connectivity index (χ0v) is 13.8. The molecule has 0 radical (unpaired) electrons. The van der Waals surface area contributed by atoms with Gasteiger partial charge in [0.2, 0.25) is 5.88 Å². The summed E-state index contributed by atoms with van der Waals surface area (Å²) in [7, 11) is 1.57. The van der Waals surface area contributed by atoms with E-state index >= 15 is 0 Å². The zero-order valence-electron chi connectivity index (χ0n) is 11.4. The molecule has 1 aromatic rings. The Kier molecular flexibility index (Phi) is 3.29. The average molecular weight is 356 g/mol. The van der Waals surface area contributed by atoms with Gasteiger partial charge in [0.1, 0.15) is 17.0 Å². The summed E-state index contributed by atoms with van der Waals surface area (Å²) < 4.78 is 5.26. The predicted molar refractivity (Wildman–Crippen MR) is 81.2 cm³/mol. The van der Waals surface area contributed by atoms with Crippen LogP contribution >= 0.6 is 27.7 Å². The van der Waals surface area contributed by atoms with Gasteiger partial charge in [0.15, 0.2) is 5.78 Å². The highest BCUT2D eigenvalue weighted by molar-refractivity contribution is 9.09. The molecule has 106 valence electrons. The van der Waals surface area contributed by atoms with E-state index in [1.807, 2.05) is 0 Å². The minimum absolute atomic E-state index is 0.0771. The lowest BCUT2D eigenvalue weighted by atomic mass is 9.78. The normalized spacial score (nSPS) is 23.8. The molecule has 1 aliphatic heterocycles. The number of aromatic nitrogens is 2. The van der Waals surface area contributed by atoms with Crippen LogP contribution in [0, 0.1) is 5.41 Å². The molecule has 7 heteroatoms. The van der Waals surface area contributed by atoms with Crippen molar-refractivity contribution in [3.63, 3.8) is 0 Å². The topological polar surface area (TPSA) is 64.1 Å². The number of Topliss-reactive ketones (excluding diaryl/α,β-unsaturated/α-hetero) is 1. The third kappa shape index (κ3) is 2.03. The van der Waals surface area contributed by atoms with Crippen LogP contribution in [0.1, 0.15) is 20.3 Å². The highest BCUT2D eigenvalue weighted by Gasteiger charge is 2.43. The number of halogens is 1. The van der Waals surface area contributed by atoms with E-state index in [0.29, 0.717) is 12.3 Å². The van der Waals surface area contributed by atoms with E-state index in [4.69, 9.17) is 4.74 Å². The van der Waals surface area contributed by atoms with Gasteiger partial charge in [-0.25, -0.2) is 4.98 Å². The molecular formula is C13H14BrN3O2S. The molecule has 3 rings (SSSR count). The van der Waals surface area contributed by atoms with Crippen molar-refractivity contribution in [2.75, 3.05) is 12.4 Å². The predicted octanol–water partition coefficient (Wildman–Crippen LogP) is 2.98. The summed E-state index contributed by atoms with van der Waals surface area (Å²) in [5, 5.41) is 4.02. The summed E-state index contributed by atoms with van der Waals surface area (Å²) in [6, 6.07) is 0. The molecule has 1 N–H and O–H groups in total. The number of carbonyl (C=O) groups excluding carboxylic acids is 1. The second-order valence-corrected chi connectivity index (χ2v) is 7.40. The molecule has 1 atom stereocenters. The summed E-state index contributed by atoms with van der Waals surface area (Å²) in [6.45, 7) is 4.16. The Morgan fingerprint density at radius 2 is 2.25 bits per heavy atom. The lowest BCUT2D eigenvalue weighted by Gasteiger charge is -2.39. The van der Waals surface area contributed by atoms with Gasteiger partial charge >= 0.3 is 0 Å². The molecule has 0 saturated carbocycles. The van der Waals surface area contributed by atoms with E-state index in [1.165, 1.54) is 18.1 Å². The van der Waals surface area contributed by atoms with Gasteiger partial charge in [-0.1, -0.05) is 41.5 Å². The number of thioether (sulfide) groups is 1. The number of ketones is 1. The van der Waals surface area contributed by atoms with Crippen LogP contribution < -0.4 is 10.1 Å². The Morgan fingerprint density at radius 3 is 2.95 bits per heavy atom. The van der Waals surface area contributed by atoms with Gasteiger partial charge in [-0.15, -0.1) is 0 Å². The van der Waals surface area contributed by atoms with Crippen LogP contribution in [-0.4, -0.2) is 27.7 Å². The van der Waals surface area contributed by atoms with Crippen LogP contribution in [0.2, 0.25) is 0 Å². The number of ether oxygens (including phenoxy) is 1. The Morgan fingerprint density at radius 1 is 1.50 bits per heavy atom. The first-order valence-corrected chi connectivity index (χ1v) is 7.92. The molecule has 0 fully saturated rings. The van der Waals surface area contributed by atoms with Crippen molar-refractivity contribution in [2.45, 2.75) is 30.1 Å². The molecule has 0 bridgehead atoms. The number of nitrogens with zero attached hydrogens (tertiary/aromatic N) is 2. The first-order valence-electron chi connectivity index (χ1n) is 6.19. The Balaban J connectivity index is 2.09. The van der Waals surface area contributed by atoms with E-state index in [9.17, 15) is 4.79 Å². The van der Waals surface area contributed by atoms with Gasteiger partial charge in [-0.05, 0) is 5.41 Å². The number of nitrogens with one attached hydrogen (secondary N) is 1. The van der Waals surface area contributed by atoms with Gasteiger partial charge in [0.25, 0.3) is 0 Å². The SMILES string of the molecule is COc1ncnc2c1NC1=C(S2)C(=O)CC(C)(C)[C@H]1Br. The lowest BCUT2D eigenvalue weighted by molar-refractivity contribution is -0.117. The largest absolute Gasteiger partial charge is 0.479 e. The summed E-state index contributed by atoms with van der Waals surface area (Å²) in [6.07, 6.45) is 1.97. The number of rotatable bonds is 1. The molecule has 1 aliphatic carbocycles. The van der Waals surface area contributed by atoms with E-state index in [0.717, 1.165) is 21.3 Å². The number of alkyl halides is 1. The van der Waals surface area contributed by atoms with Crippen molar-refractivity contribution in [3.8, 4) is 5.88 Å². The molecule has 0 aromatic carbocycles. The van der Waals surface area contributed by atoms with E-state index in [2.05, 4.69) is 45.1 Å². The number of methoxy groups -OCH3 is 1. The molecule has 0 spiro atoms. The molecule has 1 aromatic heterocycles. The van der Waals surface area contributed by atoms with E-state index < -0.39 is 0 Å².